The molecule has 1 saturated carbocycles. The molecule has 110 valence electrons. The fourth-order valence-electron chi connectivity index (χ4n) is 3.75. The molecule has 0 bridgehead atoms. The molecule has 0 amide bonds. The van der Waals surface area contributed by atoms with Crippen LogP contribution in [0.2, 0.25) is 0 Å². The van der Waals surface area contributed by atoms with Crippen LogP contribution in [0.5, 0.6) is 0 Å². The van der Waals surface area contributed by atoms with E-state index in [-0.39, 0.29) is 5.92 Å². The predicted octanol–water partition coefficient (Wildman–Crippen LogP) is 2.05. The Balaban J connectivity index is 2.08. The van der Waals surface area contributed by atoms with E-state index in [9.17, 15) is 9.90 Å². The molecule has 4 nitrogen and oxygen atoms in total. The van der Waals surface area contributed by atoms with E-state index in [2.05, 4.69) is 16.7 Å². The van der Waals surface area contributed by atoms with Crippen molar-refractivity contribution >= 4 is 5.97 Å². The van der Waals surface area contributed by atoms with Crippen LogP contribution in [0.25, 0.3) is 0 Å². The van der Waals surface area contributed by atoms with Gasteiger partial charge in [-0.1, -0.05) is 25.7 Å². The molecule has 2 atom stereocenters. The van der Waals surface area contributed by atoms with Crippen LogP contribution in [0, 0.1) is 5.92 Å². The first-order chi connectivity index (χ1) is 9.08. The van der Waals surface area contributed by atoms with E-state index in [0.717, 1.165) is 13.1 Å². The largest absolute Gasteiger partial charge is 0.481 e. The number of rotatable bonds is 2. The number of carbonyl (C=O) groups is 1. The van der Waals surface area contributed by atoms with Gasteiger partial charge >= 0.3 is 5.97 Å². The van der Waals surface area contributed by atoms with Crippen molar-refractivity contribution in [3.05, 3.63) is 0 Å². The third kappa shape index (κ3) is 3.93. The van der Waals surface area contributed by atoms with E-state index in [1.54, 1.807) is 0 Å². The Labute approximate surface area is 116 Å². The van der Waals surface area contributed by atoms with Crippen LogP contribution in [0.15, 0.2) is 0 Å². The summed E-state index contributed by atoms with van der Waals surface area (Å²) in [5, 5.41) is 9.39. The summed E-state index contributed by atoms with van der Waals surface area (Å²) in [5.41, 5.74) is 0. The van der Waals surface area contributed by atoms with Crippen LogP contribution < -0.4 is 0 Å². The highest BCUT2D eigenvalue weighted by atomic mass is 16.4. The van der Waals surface area contributed by atoms with Crippen molar-refractivity contribution < 1.29 is 9.90 Å². The number of nitrogens with zero attached hydrogens (tertiary/aromatic N) is 2. The van der Waals surface area contributed by atoms with Crippen LogP contribution >= 0.6 is 0 Å². The smallest absolute Gasteiger partial charge is 0.309 e. The SMILES string of the molecule is CC1CN(C)CC(C(=O)O)CN1C1CCCCCC1. The number of likely N-dealkylation sites (N-methyl/N-ethyl adjacent to an activating group) is 1. The molecule has 2 unspecified atom stereocenters. The van der Waals surface area contributed by atoms with Crippen molar-refractivity contribution in [2.45, 2.75) is 57.5 Å². The zero-order chi connectivity index (χ0) is 13.8. The molecule has 1 heterocycles. The third-order valence-electron chi connectivity index (χ3n) is 4.75. The second-order valence-corrected chi connectivity index (χ2v) is 6.45. The lowest BCUT2D eigenvalue weighted by Gasteiger charge is -2.35. The summed E-state index contributed by atoms with van der Waals surface area (Å²) in [6.07, 6.45) is 7.81. The quantitative estimate of drug-likeness (QED) is 0.778. The van der Waals surface area contributed by atoms with Gasteiger partial charge in [-0.15, -0.1) is 0 Å². The maximum absolute atomic E-state index is 11.4. The second kappa shape index (κ2) is 6.71. The predicted molar refractivity (Wildman–Crippen MR) is 76.3 cm³/mol. The van der Waals surface area contributed by atoms with Crippen molar-refractivity contribution in [1.29, 1.82) is 0 Å². The van der Waals surface area contributed by atoms with Crippen molar-refractivity contribution in [1.82, 2.24) is 9.80 Å². The van der Waals surface area contributed by atoms with Gasteiger partial charge in [-0.25, -0.2) is 0 Å². The number of carboxylic acids is 1. The van der Waals surface area contributed by atoms with E-state index >= 15 is 0 Å². The maximum Gasteiger partial charge on any atom is 0.309 e. The van der Waals surface area contributed by atoms with Crippen LogP contribution in [0.3, 0.4) is 0 Å². The number of hydrogen-bond donors (Lipinski definition) is 1. The first kappa shape index (κ1) is 14.8. The van der Waals surface area contributed by atoms with Crippen LogP contribution in [0.1, 0.15) is 45.4 Å². The summed E-state index contributed by atoms with van der Waals surface area (Å²) < 4.78 is 0. The number of carboxylic acid groups (broad SMARTS) is 1. The Morgan fingerprint density at radius 1 is 1.05 bits per heavy atom. The monoisotopic (exact) mass is 268 g/mol. The molecular formula is C15H28N2O2. The first-order valence-electron chi connectivity index (χ1n) is 7.75. The van der Waals surface area contributed by atoms with Crippen molar-refractivity contribution in [2.24, 2.45) is 5.92 Å². The molecule has 0 aromatic heterocycles. The van der Waals surface area contributed by atoms with Gasteiger partial charge in [0.2, 0.25) is 0 Å². The van der Waals surface area contributed by atoms with Gasteiger partial charge < -0.3 is 10.0 Å². The molecule has 1 aliphatic heterocycles. The molecule has 0 aromatic rings. The molecule has 4 heteroatoms. The average molecular weight is 268 g/mol. The minimum Gasteiger partial charge on any atom is -0.481 e. The van der Waals surface area contributed by atoms with Gasteiger partial charge in [0.1, 0.15) is 0 Å². The third-order valence-corrected chi connectivity index (χ3v) is 4.75. The molecule has 1 saturated heterocycles. The highest BCUT2D eigenvalue weighted by Gasteiger charge is 2.33. The van der Waals surface area contributed by atoms with Crippen LogP contribution in [0.4, 0.5) is 0 Å². The molecule has 19 heavy (non-hydrogen) atoms. The lowest BCUT2D eigenvalue weighted by molar-refractivity contribution is -0.142. The van der Waals surface area contributed by atoms with E-state index in [4.69, 9.17) is 0 Å². The molecule has 1 N–H and O–H groups in total. The average Bonchev–Trinajstić information content (AvgIpc) is 2.68. The minimum atomic E-state index is -0.639. The zero-order valence-electron chi connectivity index (χ0n) is 12.3. The van der Waals surface area contributed by atoms with E-state index in [1.165, 1.54) is 38.5 Å². The first-order valence-corrected chi connectivity index (χ1v) is 7.75. The topological polar surface area (TPSA) is 43.8 Å². The standard InChI is InChI=1S/C15H28N2O2/c1-12-9-16(2)10-13(15(18)19)11-17(12)14-7-5-3-4-6-8-14/h12-14H,3-11H2,1-2H3,(H,18,19). The Bertz CT molecular complexity index is 301. The van der Waals surface area contributed by atoms with Gasteiger partial charge in [0, 0.05) is 31.7 Å². The molecule has 1 aliphatic carbocycles. The summed E-state index contributed by atoms with van der Waals surface area (Å²) in [7, 11) is 2.04. The van der Waals surface area contributed by atoms with Crippen molar-refractivity contribution in [2.75, 3.05) is 26.7 Å². The van der Waals surface area contributed by atoms with Crippen molar-refractivity contribution in [3.8, 4) is 0 Å². The fraction of sp³-hybridized carbons (Fsp3) is 0.933. The summed E-state index contributed by atoms with van der Waals surface area (Å²) in [5.74, 6) is -0.877. The minimum absolute atomic E-state index is 0.238. The lowest BCUT2D eigenvalue weighted by atomic mass is 10.0. The Hall–Kier alpha value is -0.610. The molecule has 2 fully saturated rings. The summed E-state index contributed by atoms with van der Waals surface area (Å²) in [6, 6.07) is 1.07. The molecule has 0 radical (unpaired) electrons. The van der Waals surface area contributed by atoms with Gasteiger partial charge in [0.15, 0.2) is 0 Å². The molecule has 2 rings (SSSR count). The molecular weight excluding hydrogens is 240 g/mol. The summed E-state index contributed by atoms with van der Waals surface area (Å²) in [4.78, 5) is 16.1. The molecule has 0 spiro atoms. The van der Waals surface area contributed by atoms with Gasteiger partial charge in [0.05, 0.1) is 5.92 Å². The Morgan fingerprint density at radius 3 is 2.26 bits per heavy atom. The van der Waals surface area contributed by atoms with E-state index in [0.29, 0.717) is 18.6 Å². The van der Waals surface area contributed by atoms with Gasteiger partial charge in [-0.2, -0.15) is 0 Å². The van der Waals surface area contributed by atoms with Crippen LogP contribution in [-0.4, -0.2) is 59.6 Å². The normalized spacial score (nSPS) is 32.7. The second-order valence-electron chi connectivity index (χ2n) is 6.45. The van der Waals surface area contributed by atoms with E-state index < -0.39 is 5.97 Å². The van der Waals surface area contributed by atoms with Gasteiger partial charge in [0.25, 0.3) is 0 Å². The zero-order valence-corrected chi connectivity index (χ0v) is 12.3. The fourth-order valence-corrected chi connectivity index (χ4v) is 3.75. The highest BCUT2D eigenvalue weighted by molar-refractivity contribution is 5.70. The van der Waals surface area contributed by atoms with E-state index in [1.807, 2.05) is 7.05 Å². The Morgan fingerprint density at radius 2 is 1.68 bits per heavy atom. The highest BCUT2D eigenvalue weighted by Crippen LogP contribution is 2.26. The molecule has 0 aromatic carbocycles. The van der Waals surface area contributed by atoms with Gasteiger partial charge in [-0.3, -0.25) is 9.69 Å². The lowest BCUT2D eigenvalue weighted by Crippen LogP contribution is -2.45. The molecule has 2 aliphatic rings. The number of hydrogen-bond acceptors (Lipinski definition) is 3. The Kier molecular flexibility index (Phi) is 5.22. The van der Waals surface area contributed by atoms with Gasteiger partial charge in [-0.05, 0) is 26.8 Å². The number of aliphatic carboxylic acids is 1. The van der Waals surface area contributed by atoms with Crippen LogP contribution in [-0.2, 0) is 4.79 Å². The maximum atomic E-state index is 11.4. The summed E-state index contributed by atoms with van der Waals surface area (Å²) >= 11 is 0. The summed E-state index contributed by atoms with van der Waals surface area (Å²) in [6.45, 7) is 4.65. The van der Waals surface area contributed by atoms with Crippen molar-refractivity contribution in [3.63, 3.8) is 0 Å².